The molecule has 0 aliphatic carbocycles. The monoisotopic (exact) mass is 359 g/mol. The zero-order valence-corrected chi connectivity index (χ0v) is 13.6. The number of carboxylic acids is 1. The van der Waals surface area contributed by atoms with Crippen molar-refractivity contribution < 1.29 is 18.3 Å². The first-order valence-corrected chi connectivity index (χ1v) is 7.83. The number of rotatable bonds is 4. The highest BCUT2D eigenvalue weighted by atomic mass is 79.9. The van der Waals surface area contributed by atoms with Gasteiger partial charge in [-0.3, -0.25) is 0 Å². The van der Waals surface area contributed by atoms with Gasteiger partial charge in [0.1, 0.15) is 0 Å². The Labute approximate surface area is 126 Å². The van der Waals surface area contributed by atoms with Crippen LogP contribution in [0.4, 0.5) is 0 Å². The fraction of sp³-hybridized carbons (Fsp3) is 0.308. The van der Waals surface area contributed by atoms with Gasteiger partial charge in [-0.15, -0.1) is 6.42 Å². The normalized spacial score (nSPS) is 11.9. The fourth-order valence-corrected chi connectivity index (χ4v) is 3.46. The van der Waals surface area contributed by atoms with E-state index in [0.717, 1.165) is 6.07 Å². The molecular weight excluding hydrogens is 346 g/mol. The molecule has 20 heavy (non-hydrogen) atoms. The van der Waals surface area contributed by atoms with Crippen LogP contribution in [0.25, 0.3) is 0 Å². The molecule has 0 aliphatic heterocycles. The average Bonchev–Trinajstić information content (AvgIpc) is 2.30. The first-order chi connectivity index (χ1) is 9.00. The van der Waals surface area contributed by atoms with Gasteiger partial charge < -0.3 is 5.11 Å². The smallest absolute Gasteiger partial charge is 0.336 e. The van der Waals surface area contributed by atoms with Crippen molar-refractivity contribution in [2.75, 3.05) is 0 Å². The van der Waals surface area contributed by atoms with Gasteiger partial charge in [0, 0.05) is 4.47 Å². The molecule has 5 nitrogen and oxygen atoms in total. The van der Waals surface area contributed by atoms with Gasteiger partial charge in [0.25, 0.3) is 0 Å². The predicted molar refractivity (Wildman–Crippen MR) is 79.1 cm³/mol. The Bertz CT molecular complexity index is 702. The van der Waals surface area contributed by atoms with Gasteiger partial charge in [-0.25, -0.2) is 13.2 Å². The Morgan fingerprint density at radius 3 is 2.45 bits per heavy atom. The van der Waals surface area contributed by atoms with Crippen LogP contribution < -0.4 is 4.72 Å². The van der Waals surface area contributed by atoms with E-state index in [9.17, 15) is 13.2 Å². The van der Waals surface area contributed by atoms with Crippen LogP contribution >= 0.6 is 15.9 Å². The van der Waals surface area contributed by atoms with Crippen molar-refractivity contribution in [1.29, 1.82) is 0 Å². The summed E-state index contributed by atoms with van der Waals surface area (Å²) >= 11 is 3.16. The predicted octanol–water partition coefficient (Wildman–Crippen LogP) is 2.15. The van der Waals surface area contributed by atoms with Gasteiger partial charge in [0.05, 0.1) is 16.0 Å². The molecule has 0 heterocycles. The van der Waals surface area contributed by atoms with Crippen molar-refractivity contribution in [1.82, 2.24) is 4.72 Å². The molecule has 0 fully saturated rings. The van der Waals surface area contributed by atoms with Crippen LogP contribution in [-0.2, 0) is 10.0 Å². The van der Waals surface area contributed by atoms with E-state index >= 15 is 0 Å². The van der Waals surface area contributed by atoms with Crippen molar-refractivity contribution in [3.63, 3.8) is 0 Å². The highest BCUT2D eigenvalue weighted by Gasteiger charge is 2.26. The molecule has 1 aromatic carbocycles. The number of halogens is 1. The molecule has 1 rings (SSSR count). The van der Waals surface area contributed by atoms with Crippen LogP contribution in [0.1, 0.15) is 29.8 Å². The second kappa shape index (κ2) is 5.56. The second-order valence-corrected chi connectivity index (χ2v) is 7.29. The number of hydrogen-bond donors (Lipinski definition) is 2. The van der Waals surface area contributed by atoms with E-state index < -0.39 is 21.5 Å². The minimum atomic E-state index is -3.91. The molecule has 108 valence electrons. The largest absolute Gasteiger partial charge is 0.478 e. The topological polar surface area (TPSA) is 83.5 Å². The lowest BCUT2D eigenvalue weighted by Gasteiger charge is -2.20. The summed E-state index contributed by atoms with van der Waals surface area (Å²) in [5.41, 5.74) is -0.703. The van der Waals surface area contributed by atoms with Crippen molar-refractivity contribution in [2.24, 2.45) is 0 Å². The van der Waals surface area contributed by atoms with Gasteiger partial charge >= 0.3 is 5.97 Å². The lowest BCUT2D eigenvalue weighted by atomic mass is 10.1. The molecule has 1 aromatic rings. The Morgan fingerprint density at radius 1 is 1.45 bits per heavy atom. The van der Waals surface area contributed by atoms with Gasteiger partial charge in [-0.2, -0.15) is 4.72 Å². The highest BCUT2D eigenvalue weighted by molar-refractivity contribution is 9.10. The van der Waals surface area contributed by atoms with Crippen molar-refractivity contribution in [3.05, 3.63) is 27.7 Å². The molecular formula is C13H14BrNO4S. The number of terminal acetylenes is 1. The van der Waals surface area contributed by atoms with Crippen LogP contribution in [-0.4, -0.2) is 25.0 Å². The number of aromatic carboxylic acids is 1. The van der Waals surface area contributed by atoms with Crippen LogP contribution in [0.5, 0.6) is 0 Å². The van der Waals surface area contributed by atoms with E-state index in [-0.39, 0.29) is 10.5 Å². The lowest BCUT2D eigenvalue weighted by Crippen LogP contribution is -2.42. The number of benzene rings is 1. The number of carbonyl (C=O) groups is 1. The van der Waals surface area contributed by atoms with Crippen molar-refractivity contribution >= 4 is 31.9 Å². The summed E-state index contributed by atoms with van der Waals surface area (Å²) in [6.45, 7) is 4.65. The minimum Gasteiger partial charge on any atom is -0.478 e. The average molecular weight is 360 g/mol. The van der Waals surface area contributed by atoms with Gasteiger partial charge in [-0.05, 0) is 38.5 Å². The third-order valence-corrected chi connectivity index (χ3v) is 5.07. The summed E-state index contributed by atoms with van der Waals surface area (Å²) in [5.74, 6) is 1.11. The summed E-state index contributed by atoms with van der Waals surface area (Å²) in [6, 6.07) is 2.45. The summed E-state index contributed by atoms with van der Waals surface area (Å²) in [7, 11) is -3.91. The number of sulfonamides is 1. The van der Waals surface area contributed by atoms with E-state index in [4.69, 9.17) is 11.5 Å². The van der Waals surface area contributed by atoms with Crippen LogP contribution in [0.2, 0.25) is 0 Å². The Kier molecular flexibility index (Phi) is 4.64. The Morgan fingerprint density at radius 2 is 2.00 bits per heavy atom. The molecule has 0 aliphatic rings. The minimum absolute atomic E-state index is 0.0849. The Balaban J connectivity index is 3.42. The van der Waals surface area contributed by atoms with Gasteiger partial charge in [-0.1, -0.05) is 21.9 Å². The third kappa shape index (κ3) is 3.60. The maximum atomic E-state index is 12.2. The van der Waals surface area contributed by atoms with Crippen LogP contribution in [0.15, 0.2) is 21.5 Å². The van der Waals surface area contributed by atoms with Crippen molar-refractivity contribution in [3.8, 4) is 12.3 Å². The van der Waals surface area contributed by atoms with E-state index in [1.54, 1.807) is 6.92 Å². The number of carboxylic acid groups (broad SMARTS) is 1. The summed E-state index contributed by atoms with van der Waals surface area (Å²) in [4.78, 5) is 11.0. The zero-order valence-electron chi connectivity index (χ0n) is 11.2. The molecule has 0 saturated heterocycles. The molecule has 0 radical (unpaired) electrons. The van der Waals surface area contributed by atoms with E-state index in [1.807, 2.05) is 0 Å². The number of nitrogens with one attached hydrogen (secondary N) is 1. The van der Waals surface area contributed by atoms with Gasteiger partial charge in [0.2, 0.25) is 10.0 Å². The number of hydrogen-bond acceptors (Lipinski definition) is 3. The fourth-order valence-electron chi connectivity index (χ4n) is 1.46. The summed E-state index contributed by atoms with van der Waals surface area (Å²) in [6.07, 6.45) is 5.24. The molecule has 0 aromatic heterocycles. The Hall–Kier alpha value is -1.36. The van der Waals surface area contributed by atoms with Crippen molar-refractivity contribution in [2.45, 2.75) is 31.2 Å². The van der Waals surface area contributed by atoms with Gasteiger partial charge in [0.15, 0.2) is 0 Å². The zero-order chi connectivity index (χ0) is 15.7. The van der Waals surface area contributed by atoms with E-state index in [0.29, 0.717) is 10.0 Å². The van der Waals surface area contributed by atoms with Crippen LogP contribution in [0.3, 0.4) is 0 Å². The third-order valence-electron chi connectivity index (χ3n) is 2.61. The SMILES string of the molecule is C#CC(C)(C)NS(=O)(=O)c1cc(Br)c(C)c(C(=O)O)c1. The lowest BCUT2D eigenvalue weighted by molar-refractivity contribution is 0.0695. The molecule has 2 N–H and O–H groups in total. The van der Waals surface area contributed by atoms with Crippen LogP contribution in [0, 0.1) is 19.3 Å². The summed E-state index contributed by atoms with van der Waals surface area (Å²) in [5, 5.41) is 9.09. The first kappa shape index (κ1) is 16.7. The molecule has 0 unspecified atom stereocenters. The summed E-state index contributed by atoms with van der Waals surface area (Å²) < 4.78 is 27.2. The maximum Gasteiger partial charge on any atom is 0.336 e. The quantitative estimate of drug-likeness (QED) is 0.806. The van der Waals surface area contributed by atoms with E-state index in [2.05, 4.69) is 26.6 Å². The molecule has 0 spiro atoms. The molecule has 7 heteroatoms. The maximum absolute atomic E-state index is 12.2. The second-order valence-electron chi connectivity index (χ2n) is 4.76. The molecule has 0 bridgehead atoms. The molecule has 0 amide bonds. The molecule has 0 atom stereocenters. The highest BCUT2D eigenvalue weighted by Crippen LogP contribution is 2.25. The standard InChI is InChI=1S/C13H14BrNO4S/c1-5-13(3,4)15-20(18,19)9-6-10(12(16)17)8(2)11(14)7-9/h1,6-7,15H,2-4H3,(H,16,17). The van der Waals surface area contributed by atoms with E-state index in [1.165, 1.54) is 19.9 Å². The molecule has 0 saturated carbocycles. The first-order valence-electron chi connectivity index (χ1n) is 5.55.